The summed E-state index contributed by atoms with van der Waals surface area (Å²) in [5.74, 6) is 0. The molecule has 0 bridgehead atoms. The molecule has 0 aromatic carbocycles. The fraction of sp³-hybridized carbons (Fsp3) is 0.818. The molecule has 0 fully saturated rings. The van der Waals surface area contributed by atoms with Crippen molar-refractivity contribution in [1.82, 2.24) is 0 Å². The Hall–Kier alpha value is -0.980. The highest BCUT2D eigenvalue weighted by Gasteiger charge is 2.27. The van der Waals surface area contributed by atoms with Crippen LogP contribution in [-0.2, 0) is 9.59 Å². The summed E-state index contributed by atoms with van der Waals surface area (Å²) < 4.78 is 0. The molecule has 0 heterocycles. The van der Waals surface area contributed by atoms with Gasteiger partial charge in [0.25, 0.3) is 0 Å². The van der Waals surface area contributed by atoms with E-state index in [1.807, 2.05) is 0 Å². The Balaban J connectivity index is 0. The van der Waals surface area contributed by atoms with Crippen LogP contribution in [0.15, 0.2) is 0 Å². The SMILES string of the molecule is C[C@H](O)[C@@H](O)[C@@H](O)[C@H](O)C=O.O=C[C@@H](O)[C@H](O)[C@@H](O)CO. The monoisotopic (exact) mass is 314 g/mol. The lowest BCUT2D eigenvalue weighted by molar-refractivity contribution is -0.132. The Labute approximate surface area is 120 Å². The lowest BCUT2D eigenvalue weighted by atomic mass is 10.1. The zero-order chi connectivity index (χ0) is 17.2. The van der Waals surface area contributed by atoms with Crippen molar-refractivity contribution in [2.45, 2.75) is 49.7 Å². The number of carbonyl (C=O) groups excluding carboxylic acids is 2. The molecule has 0 aliphatic rings. The van der Waals surface area contributed by atoms with Crippen LogP contribution in [0.25, 0.3) is 0 Å². The highest BCUT2D eigenvalue weighted by atomic mass is 16.4. The molecule has 7 atom stereocenters. The van der Waals surface area contributed by atoms with Gasteiger partial charge < -0.3 is 50.4 Å². The zero-order valence-electron chi connectivity index (χ0n) is 11.3. The van der Waals surface area contributed by atoms with Crippen LogP contribution in [0.1, 0.15) is 6.92 Å². The Morgan fingerprint density at radius 3 is 1.43 bits per heavy atom. The summed E-state index contributed by atoms with van der Waals surface area (Å²) >= 11 is 0. The van der Waals surface area contributed by atoms with E-state index in [1.54, 1.807) is 0 Å². The second-order valence-corrected chi connectivity index (χ2v) is 4.22. The van der Waals surface area contributed by atoms with E-state index in [2.05, 4.69) is 0 Å². The van der Waals surface area contributed by atoms with Gasteiger partial charge in [-0.1, -0.05) is 0 Å². The fourth-order valence-electron chi connectivity index (χ4n) is 0.984. The number of hydrogen-bond donors (Lipinski definition) is 8. The molecule has 0 saturated heterocycles. The predicted octanol–water partition coefficient (Wildman–Crippen LogP) is -5.09. The highest BCUT2D eigenvalue weighted by Crippen LogP contribution is 2.02. The molecule has 21 heavy (non-hydrogen) atoms. The zero-order valence-corrected chi connectivity index (χ0v) is 11.3. The van der Waals surface area contributed by atoms with E-state index >= 15 is 0 Å². The van der Waals surface area contributed by atoms with Gasteiger partial charge in [0.05, 0.1) is 12.7 Å². The molecule has 8 N–H and O–H groups in total. The first-order chi connectivity index (χ1) is 9.63. The first kappa shape index (κ1) is 22.3. The lowest BCUT2D eigenvalue weighted by Crippen LogP contribution is -2.43. The van der Waals surface area contributed by atoms with Gasteiger partial charge in [-0.05, 0) is 6.92 Å². The van der Waals surface area contributed by atoms with Crippen molar-refractivity contribution in [3.8, 4) is 0 Å². The van der Waals surface area contributed by atoms with E-state index in [0.29, 0.717) is 0 Å². The van der Waals surface area contributed by atoms with Crippen molar-refractivity contribution in [3.05, 3.63) is 0 Å². The maximum absolute atomic E-state index is 9.87. The van der Waals surface area contributed by atoms with Crippen molar-refractivity contribution in [3.63, 3.8) is 0 Å². The maximum atomic E-state index is 9.87. The minimum atomic E-state index is -1.65. The van der Waals surface area contributed by atoms with Crippen LogP contribution in [-0.4, -0.2) is 103 Å². The van der Waals surface area contributed by atoms with E-state index in [1.165, 1.54) is 6.92 Å². The van der Waals surface area contributed by atoms with Crippen molar-refractivity contribution in [2.75, 3.05) is 6.61 Å². The van der Waals surface area contributed by atoms with Crippen LogP contribution in [0.4, 0.5) is 0 Å². The van der Waals surface area contributed by atoms with Gasteiger partial charge in [0.1, 0.15) is 36.6 Å². The van der Waals surface area contributed by atoms with Gasteiger partial charge in [0.2, 0.25) is 0 Å². The molecular weight excluding hydrogens is 292 g/mol. The van der Waals surface area contributed by atoms with Crippen LogP contribution in [0, 0.1) is 0 Å². The summed E-state index contributed by atoms with van der Waals surface area (Å²) in [5, 5.41) is 69.2. The van der Waals surface area contributed by atoms with Crippen LogP contribution in [0.5, 0.6) is 0 Å². The molecule has 0 amide bonds. The Morgan fingerprint density at radius 1 is 0.762 bits per heavy atom. The van der Waals surface area contributed by atoms with E-state index in [4.69, 9.17) is 40.9 Å². The van der Waals surface area contributed by atoms with Gasteiger partial charge in [-0.25, -0.2) is 0 Å². The number of aldehydes is 2. The Bertz CT molecular complexity index is 284. The molecule has 10 nitrogen and oxygen atoms in total. The smallest absolute Gasteiger partial charge is 0.151 e. The van der Waals surface area contributed by atoms with Crippen molar-refractivity contribution >= 4 is 12.6 Å². The van der Waals surface area contributed by atoms with Gasteiger partial charge >= 0.3 is 0 Å². The fourth-order valence-corrected chi connectivity index (χ4v) is 0.984. The molecule has 0 saturated carbocycles. The topological polar surface area (TPSA) is 196 Å². The van der Waals surface area contributed by atoms with E-state index in [-0.39, 0.29) is 12.6 Å². The van der Waals surface area contributed by atoms with Gasteiger partial charge in [-0.2, -0.15) is 0 Å². The van der Waals surface area contributed by atoms with Crippen molar-refractivity contribution < 1.29 is 50.4 Å². The molecule has 0 rings (SSSR count). The van der Waals surface area contributed by atoms with Crippen LogP contribution in [0.3, 0.4) is 0 Å². The number of rotatable bonds is 8. The molecular formula is C11H22O10. The summed E-state index contributed by atoms with van der Waals surface area (Å²) in [4.78, 5) is 19.6. The summed E-state index contributed by atoms with van der Waals surface area (Å²) in [6, 6.07) is 0. The molecule has 0 aliphatic carbocycles. The summed E-state index contributed by atoms with van der Waals surface area (Å²) in [6.45, 7) is 0.553. The van der Waals surface area contributed by atoms with Crippen LogP contribution in [0.2, 0.25) is 0 Å². The number of aliphatic hydroxyl groups excluding tert-OH is 8. The molecule has 0 aromatic heterocycles. The van der Waals surface area contributed by atoms with Crippen molar-refractivity contribution in [2.24, 2.45) is 0 Å². The summed E-state index contributed by atoms with van der Waals surface area (Å²) in [5.41, 5.74) is 0. The number of carbonyl (C=O) groups is 2. The number of aliphatic hydroxyl groups is 8. The van der Waals surface area contributed by atoms with Gasteiger partial charge in [0, 0.05) is 0 Å². The molecule has 10 heteroatoms. The predicted molar refractivity (Wildman–Crippen MR) is 66.9 cm³/mol. The first-order valence-electron chi connectivity index (χ1n) is 5.91. The molecule has 0 unspecified atom stereocenters. The second-order valence-electron chi connectivity index (χ2n) is 4.22. The molecule has 0 spiro atoms. The van der Waals surface area contributed by atoms with Gasteiger partial charge in [-0.3, -0.25) is 0 Å². The lowest BCUT2D eigenvalue weighted by Gasteiger charge is -2.21. The van der Waals surface area contributed by atoms with Gasteiger partial charge in [0.15, 0.2) is 12.6 Å². The molecule has 0 radical (unpaired) electrons. The minimum absolute atomic E-state index is 0.0869. The Morgan fingerprint density at radius 2 is 1.14 bits per heavy atom. The molecule has 0 aromatic rings. The van der Waals surface area contributed by atoms with E-state index < -0.39 is 49.3 Å². The average Bonchev–Trinajstić information content (AvgIpc) is 2.50. The maximum Gasteiger partial charge on any atom is 0.151 e. The third-order valence-electron chi connectivity index (χ3n) is 2.40. The quantitative estimate of drug-likeness (QED) is 0.201. The normalized spacial score (nSPS) is 20.8. The largest absolute Gasteiger partial charge is 0.394 e. The third kappa shape index (κ3) is 8.80. The average molecular weight is 314 g/mol. The van der Waals surface area contributed by atoms with Gasteiger partial charge in [-0.15, -0.1) is 0 Å². The third-order valence-corrected chi connectivity index (χ3v) is 2.40. The van der Waals surface area contributed by atoms with Crippen molar-refractivity contribution in [1.29, 1.82) is 0 Å². The first-order valence-corrected chi connectivity index (χ1v) is 5.91. The summed E-state index contributed by atoms with van der Waals surface area (Å²) in [7, 11) is 0. The standard InChI is InChI=1S/C6H12O5.C5H10O5/c1-3(8)5(10)6(11)4(9)2-7;6-1-3(8)5(10)4(9)2-7/h2-6,8-11H,1H3;1,3-5,7-10H,2H2/t3-,4+,5+,6-;3-,4+,5+/m01/s1. The molecule has 126 valence electrons. The highest BCUT2D eigenvalue weighted by molar-refractivity contribution is 5.57. The van der Waals surface area contributed by atoms with E-state index in [0.717, 1.165) is 0 Å². The Kier molecular flexibility index (Phi) is 12.4. The minimum Gasteiger partial charge on any atom is -0.394 e. The second kappa shape index (κ2) is 11.7. The molecule has 0 aliphatic heterocycles. The number of hydrogen-bond acceptors (Lipinski definition) is 10. The summed E-state index contributed by atoms with van der Waals surface area (Å²) in [6.07, 6.45) is -10.5. The van der Waals surface area contributed by atoms with Crippen LogP contribution < -0.4 is 0 Å². The van der Waals surface area contributed by atoms with E-state index in [9.17, 15) is 9.59 Å². The van der Waals surface area contributed by atoms with Crippen LogP contribution >= 0.6 is 0 Å².